The number of nitrogens with one attached hydrogen (secondary N) is 1. The van der Waals surface area contributed by atoms with E-state index in [1.807, 2.05) is 24.3 Å². The average molecular weight is 276 g/mol. The van der Waals surface area contributed by atoms with E-state index >= 15 is 0 Å². The second kappa shape index (κ2) is 5.62. The Morgan fingerprint density at radius 2 is 2.05 bits per heavy atom. The molecule has 0 spiro atoms. The first kappa shape index (κ1) is 13.2. The molecule has 0 saturated heterocycles. The Hall–Kier alpha value is -2.21. The van der Waals surface area contributed by atoms with Crippen molar-refractivity contribution in [3.8, 4) is 0 Å². The highest BCUT2D eigenvalue weighted by Gasteiger charge is 2.14. The molecule has 98 valence electrons. The molecule has 0 saturated carbocycles. The zero-order valence-corrected chi connectivity index (χ0v) is 11.1. The van der Waals surface area contributed by atoms with Crippen LogP contribution in [0, 0.1) is 10.1 Å². The van der Waals surface area contributed by atoms with Crippen molar-refractivity contribution in [2.24, 2.45) is 0 Å². The third kappa shape index (κ3) is 3.17. The molecule has 1 heterocycles. The van der Waals surface area contributed by atoms with Crippen LogP contribution in [0.5, 0.6) is 0 Å². The molecule has 1 N–H and O–H groups in total. The number of nitrogens with zero attached hydrogens (tertiary/aromatic N) is 1. The van der Waals surface area contributed by atoms with Gasteiger partial charge in [-0.1, -0.05) is 30.4 Å². The number of rotatable bonds is 4. The maximum absolute atomic E-state index is 11.9. The smallest absolute Gasteiger partial charge is 0.322 e. The lowest BCUT2D eigenvalue weighted by molar-refractivity contribution is -0.380. The minimum absolute atomic E-state index is 0.0357. The van der Waals surface area contributed by atoms with E-state index in [0.717, 1.165) is 17.8 Å². The van der Waals surface area contributed by atoms with Crippen LogP contribution in [0.4, 0.5) is 10.7 Å². The predicted octanol–water partition coefficient (Wildman–Crippen LogP) is 3.47. The monoisotopic (exact) mass is 276 g/mol. The van der Waals surface area contributed by atoms with Gasteiger partial charge in [-0.2, -0.15) is 0 Å². The van der Waals surface area contributed by atoms with Gasteiger partial charge < -0.3 is 5.32 Å². The van der Waals surface area contributed by atoms with Gasteiger partial charge in [0.05, 0.1) is 10.5 Å². The first-order chi connectivity index (χ1) is 9.10. The summed E-state index contributed by atoms with van der Waals surface area (Å²) >= 11 is 0.943. The third-order valence-electron chi connectivity index (χ3n) is 2.65. The molecule has 6 heteroatoms. The van der Waals surface area contributed by atoms with Crippen LogP contribution >= 0.6 is 11.3 Å². The summed E-state index contributed by atoms with van der Waals surface area (Å²) in [7, 11) is 0. The summed E-state index contributed by atoms with van der Waals surface area (Å²) in [6.45, 7) is 2.05. The largest absolute Gasteiger partial charge is 0.324 e. The lowest BCUT2D eigenvalue weighted by Crippen LogP contribution is -2.10. The molecule has 0 radical (unpaired) electrons. The van der Waals surface area contributed by atoms with Crippen molar-refractivity contribution in [2.75, 3.05) is 5.32 Å². The maximum atomic E-state index is 11.9. The van der Waals surface area contributed by atoms with Gasteiger partial charge in [0.1, 0.15) is 0 Å². The number of aryl methyl sites for hydroxylation is 1. The van der Waals surface area contributed by atoms with Crippen molar-refractivity contribution < 1.29 is 9.72 Å². The van der Waals surface area contributed by atoms with Crippen molar-refractivity contribution in [2.45, 2.75) is 13.3 Å². The molecular weight excluding hydrogens is 264 g/mol. The van der Waals surface area contributed by atoms with Crippen LogP contribution in [0.25, 0.3) is 0 Å². The third-order valence-corrected chi connectivity index (χ3v) is 3.53. The van der Waals surface area contributed by atoms with Crippen molar-refractivity contribution in [3.63, 3.8) is 0 Å². The van der Waals surface area contributed by atoms with Crippen LogP contribution in [-0.4, -0.2) is 10.8 Å². The van der Waals surface area contributed by atoms with Crippen LogP contribution < -0.4 is 5.32 Å². The van der Waals surface area contributed by atoms with Gasteiger partial charge in [-0.3, -0.25) is 14.9 Å². The van der Waals surface area contributed by atoms with Crippen molar-refractivity contribution in [1.29, 1.82) is 0 Å². The molecular formula is C13H12N2O3S. The van der Waals surface area contributed by atoms with E-state index in [2.05, 4.69) is 12.2 Å². The molecule has 2 aromatic rings. The minimum atomic E-state index is -0.502. The molecule has 0 unspecified atom stereocenters. The number of anilines is 1. The van der Waals surface area contributed by atoms with Gasteiger partial charge in [-0.15, -0.1) is 0 Å². The fraction of sp³-hybridized carbons (Fsp3) is 0.154. The quantitative estimate of drug-likeness (QED) is 0.686. The molecule has 0 fully saturated rings. The van der Waals surface area contributed by atoms with E-state index in [0.29, 0.717) is 11.3 Å². The SMILES string of the molecule is CCc1ccc(NC(=O)c2csc([N+](=O)[O-])c2)cc1. The van der Waals surface area contributed by atoms with Crippen molar-refractivity contribution >= 4 is 27.9 Å². The Morgan fingerprint density at radius 1 is 1.37 bits per heavy atom. The Kier molecular flexibility index (Phi) is 3.91. The maximum Gasteiger partial charge on any atom is 0.324 e. The molecule has 19 heavy (non-hydrogen) atoms. The highest BCUT2D eigenvalue weighted by atomic mass is 32.1. The first-order valence-corrected chi connectivity index (χ1v) is 6.61. The van der Waals surface area contributed by atoms with Gasteiger partial charge >= 0.3 is 5.00 Å². The number of benzene rings is 1. The molecule has 2 rings (SSSR count). The fourth-order valence-corrected chi connectivity index (χ4v) is 2.27. The number of carbonyl (C=O) groups excluding carboxylic acids is 1. The summed E-state index contributed by atoms with van der Waals surface area (Å²) in [5, 5.41) is 14.7. The molecule has 0 bridgehead atoms. The molecule has 1 amide bonds. The normalized spacial score (nSPS) is 10.2. The fourth-order valence-electron chi connectivity index (χ4n) is 1.57. The Bertz CT molecular complexity index is 605. The minimum Gasteiger partial charge on any atom is -0.322 e. The summed E-state index contributed by atoms with van der Waals surface area (Å²) in [4.78, 5) is 21.9. The van der Waals surface area contributed by atoms with E-state index in [1.54, 1.807) is 0 Å². The van der Waals surface area contributed by atoms with Crippen LogP contribution in [-0.2, 0) is 6.42 Å². The highest BCUT2D eigenvalue weighted by Crippen LogP contribution is 2.23. The molecule has 0 aliphatic heterocycles. The zero-order chi connectivity index (χ0) is 13.8. The van der Waals surface area contributed by atoms with Gasteiger partial charge in [-0.25, -0.2) is 0 Å². The van der Waals surface area contributed by atoms with Crippen LogP contribution in [0.2, 0.25) is 0 Å². The van der Waals surface area contributed by atoms with Crippen molar-refractivity contribution in [3.05, 3.63) is 57.0 Å². The number of hydrogen-bond donors (Lipinski definition) is 1. The number of carbonyl (C=O) groups is 1. The number of thiophene rings is 1. The van der Waals surface area contributed by atoms with Crippen LogP contribution in [0.3, 0.4) is 0 Å². The summed E-state index contributed by atoms with van der Waals surface area (Å²) in [5.74, 6) is -0.339. The van der Waals surface area contributed by atoms with E-state index in [-0.39, 0.29) is 10.9 Å². The topological polar surface area (TPSA) is 72.2 Å². The molecule has 0 aliphatic rings. The first-order valence-electron chi connectivity index (χ1n) is 5.73. The van der Waals surface area contributed by atoms with Gasteiger partial charge in [0.25, 0.3) is 5.91 Å². The summed E-state index contributed by atoms with van der Waals surface area (Å²) in [6, 6.07) is 8.78. The second-order valence-corrected chi connectivity index (χ2v) is 4.83. The summed E-state index contributed by atoms with van der Waals surface area (Å²) in [5.41, 5.74) is 2.16. The lowest BCUT2D eigenvalue weighted by Gasteiger charge is -2.04. The summed E-state index contributed by atoms with van der Waals surface area (Å²) in [6.07, 6.45) is 0.935. The number of hydrogen-bond acceptors (Lipinski definition) is 4. The van der Waals surface area contributed by atoms with E-state index in [4.69, 9.17) is 0 Å². The predicted molar refractivity (Wildman–Crippen MR) is 74.7 cm³/mol. The zero-order valence-electron chi connectivity index (χ0n) is 10.3. The van der Waals surface area contributed by atoms with Gasteiger partial charge in [0.2, 0.25) is 0 Å². The molecule has 0 atom stereocenters. The molecule has 1 aromatic carbocycles. The van der Waals surface area contributed by atoms with Gasteiger partial charge in [-0.05, 0) is 24.1 Å². The van der Waals surface area contributed by atoms with E-state index in [1.165, 1.54) is 17.0 Å². The standard InChI is InChI=1S/C13H12N2O3S/c1-2-9-3-5-11(6-4-9)14-13(16)10-7-12(15(17)18)19-8-10/h3-8H,2H2,1H3,(H,14,16). The van der Waals surface area contributed by atoms with Gasteiger partial charge in [0, 0.05) is 17.1 Å². The molecule has 0 aliphatic carbocycles. The lowest BCUT2D eigenvalue weighted by atomic mass is 10.1. The van der Waals surface area contributed by atoms with E-state index < -0.39 is 4.92 Å². The van der Waals surface area contributed by atoms with Crippen molar-refractivity contribution in [1.82, 2.24) is 0 Å². The Balaban J connectivity index is 2.08. The number of amides is 1. The highest BCUT2D eigenvalue weighted by molar-refractivity contribution is 7.13. The molecule has 5 nitrogen and oxygen atoms in total. The molecule has 1 aromatic heterocycles. The second-order valence-electron chi connectivity index (χ2n) is 3.94. The number of nitro groups is 1. The Labute approximate surface area is 114 Å². The summed E-state index contributed by atoms with van der Waals surface area (Å²) < 4.78 is 0. The Morgan fingerprint density at radius 3 is 2.58 bits per heavy atom. The van der Waals surface area contributed by atoms with Crippen LogP contribution in [0.15, 0.2) is 35.7 Å². The van der Waals surface area contributed by atoms with E-state index in [9.17, 15) is 14.9 Å². The van der Waals surface area contributed by atoms with Gasteiger partial charge in [0.15, 0.2) is 0 Å². The van der Waals surface area contributed by atoms with Crippen LogP contribution in [0.1, 0.15) is 22.8 Å². The average Bonchev–Trinajstić information content (AvgIpc) is 2.89.